The number of allylic oxidation sites excluding steroid dienone is 2. The van der Waals surface area contributed by atoms with Crippen molar-refractivity contribution in [2.24, 2.45) is 0 Å². The second kappa shape index (κ2) is 7.63. The van der Waals surface area contributed by atoms with E-state index in [0.29, 0.717) is 6.42 Å². The molecule has 0 aliphatic rings. The molecule has 0 unspecified atom stereocenters. The third-order valence-corrected chi connectivity index (χ3v) is 3.10. The molecule has 0 spiro atoms. The van der Waals surface area contributed by atoms with Gasteiger partial charge in [-0.1, -0.05) is 48.5 Å². The van der Waals surface area contributed by atoms with Crippen molar-refractivity contribution in [3.05, 3.63) is 83.6 Å². The summed E-state index contributed by atoms with van der Waals surface area (Å²) in [7, 11) is 0. The topological polar surface area (TPSA) is 26.3 Å². The standard InChI is InChI=1S/C18H15F3O2/c19-18(20,21)16(13-7-10-14-8-3-1-4-9-14)23-17(22)15-11-5-2-6-12-15/h1-6,8-9,11-13H,7,10H2/b16-13+. The van der Waals surface area contributed by atoms with Crippen LogP contribution in [0.2, 0.25) is 0 Å². The van der Waals surface area contributed by atoms with Crippen LogP contribution in [-0.4, -0.2) is 12.1 Å². The van der Waals surface area contributed by atoms with Crippen molar-refractivity contribution in [1.29, 1.82) is 0 Å². The molecule has 2 nitrogen and oxygen atoms in total. The van der Waals surface area contributed by atoms with Crippen LogP contribution in [0.25, 0.3) is 0 Å². The van der Waals surface area contributed by atoms with Crippen LogP contribution in [0.3, 0.4) is 0 Å². The van der Waals surface area contributed by atoms with Crippen molar-refractivity contribution in [3.8, 4) is 0 Å². The first kappa shape index (κ1) is 16.8. The van der Waals surface area contributed by atoms with Gasteiger partial charge in [-0.15, -0.1) is 0 Å². The number of halogens is 3. The fourth-order valence-electron chi connectivity index (χ4n) is 1.96. The van der Waals surface area contributed by atoms with Gasteiger partial charge in [0.1, 0.15) is 0 Å². The molecule has 0 aliphatic heterocycles. The number of esters is 1. The highest BCUT2D eigenvalue weighted by molar-refractivity contribution is 5.90. The van der Waals surface area contributed by atoms with E-state index < -0.39 is 17.9 Å². The van der Waals surface area contributed by atoms with Gasteiger partial charge in [0.15, 0.2) is 0 Å². The number of benzene rings is 2. The SMILES string of the molecule is O=C(O/C(=C/CCc1ccccc1)C(F)(F)F)c1ccccc1. The van der Waals surface area contributed by atoms with Crippen LogP contribution in [-0.2, 0) is 11.2 Å². The molecule has 0 N–H and O–H groups in total. The Bertz CT molecular complexity index is 662. The Morgan fingerprint density at radius 2 is 1.52 bits per heavy atom. The van der Waals surface area contributed by atoms with Crippen LogP contribution < -0.4 is 0 Å². The average molecular weight is 320 g/mol. The maximum absolute atomic E-state index is 13.0. The molecule has 120 valence electrons. The van der Waals surface area contributed by atoms with Crippen LogP contribution in [0.4, 0.5) is 13.2 Å². The Kier molecular flexibility index (Phi) is 5.57. The molecule has 0 aliphatic carbocycles. The summed E-state index contributed by atoms with van der Waals surface area (Å²) >= 11 is 0. The van der Waals surface area contributed by atoms with Crippen LogP contribution in [0.5, 0.6) is 0 Å². The van der Waals surface area contributed by atoms with Crippen molar-refractivity contribution in [2.45, 2.75) is 19.0 Å². The number of hydrogen-bond acceptors (Lipinski definition) is 2. The highest BCUT2D eigenvalue weighted by Crippen LogP contribution is 2.28. The van der Waals surface area contributed by atoms with Gasteiger partial charge in [0.05, 0.1) is 5.56 Å². The van der Waals surface area contributed by atoms with Crippen molar-refractivity contribution in [1.82, 2.24) is 0 Å². The first-order valence-corrected chi connectivity index (χ1v) is 7.05. The highest BCUT2D eigenvalue weighted by atomic mass is 19.4. The van der Waals surface area contributed by atoms with Gasteiger partial charge in [0, 0.05) is 0 Å². The summed E-state index contributed by atoms with van der Waals surface area (Å²) in [6, 6.07) is 16.7. The zero-order valence-electron chi connectivity index (χ0n) is 12.2. The minimum atomic E-state index is -4.71. The molecule has 0 radical (unpaired) electrons. The smallest absolute Gasteiger partial charge is 0.418 e. The van der Waals surface area contributed by atoms with Crippen molar-refractivity contribution in [2.75, 3.05) is 0 Å². The van der Waals surface area contributed by atoms with Gasteiger partial charge in [0.2, 0.25) is 5.76 Å². The molecular formula is C18H15F3O2. The lowest BCUT2D eigenvalue weighted by Gasteiger charge is -2.12. The van der Waals surface area contributed by atoms with E-state index in [1.165, 1.54) is 12.1 Å². The van der Waals surface area contributed by atoms with Crippen LogP contribution in [0, 0.1) is 0 Å². The molecule has 0 bridgehead atoms. The molecule has 2 aromatic carbocycles. The summed E-state index contributed by atoms with van der Waals surface area (Å²) in [5.41, 5.74) is 0.991. The number of carbonyl (C=O) groups is 1. The molecule has 0 fully saturated rings. The zero-order valence-corrected chi connectivity index (χ0v) is 12.2. The monoisotopic (exact) mass is 320 g/mol. The fourth-order valence-corrected chi connectivity index (χ4v) is 1.96. The first-order chi connectivity index (χ1) is 11.0. The number of alkyl halides is 3. The summed E-state index contributed by atoms with van der Waals surface area (Å²) in [5.74, 6) is -2.30. The van der Waals surface area contributed by atoms with E-state index >= 15 is 0 Å². The molecule has 0 heterocycles. The maximum atomic E-state index is 13.0. The van der Waals surface area contributed by atoms with E-state index in [2.05, 4.69) is 4.74 Å². The lowest BCUT2D eigenvalue weighted by Crippen LogP contribution is -2.18. The van der Waals surface area contributed by atoms with E-state index in [1.807, 2.05) is 30.3 Å². The van der Waals surface area contributed by atoms with Gasteiger partial charge in [-0.2, -0.15) is 13.2 Å². The van der Waals surface area contributed by atoms with E-state index in [1.54, 1.807) is 18.2 Å². The number of aryl methyl sites for hydroxylation is 1. The minimum absolute atomic E-state index is 0.0747. The minimum Gasteiger partial charge on any atom is -0.418 e. The Balaban J connectivity index is 2.05. The highest BCUT2D eigenvalue weighted by Gasteiger charge is 2.37. The van der Waals surface area contributed by atoms with E-state index in [4.69, 9.17) is 0 Å². The second-order valence-corrected chi connectivity index (χ2v) is 4.85. The van der Waals surface area contributed by atoms with E-state index in [9.17, 15) is 18.0 Å². The van der Waals surface area contributed by atoms with Gasteiger partial charge in [-0.3, -0.25) is 0 Å². The normalized spacial score (nSPS) is 12.0. The van der Waals surface area contributed by atoms with Crippen LogP contribution >= 0.6 is 0 Å². The Morgan fingerprint density at radius 1 is 0.957 bits per heavy atom. The number of carbonyl (C=O) groups excluding carboxylic acids is 1. The molecule has 2 aromatic rings. The fraction of sp³-hybridized carbons (Fsp3) is 0.167. The Hall–Kier alpha value is -2.56. The number of rotatable bonds is 5. The van der Waals surface area contributed by atoms with Gasteiger partial charge in [-0.25, -0.2) is 4.79 Å². The predicted molar refractivity (Wildman–Crippen MR) is 80.8 cm³/mol. The molecule has 5 heteroatoms. The molecule has 0 amide bonds. The van der Waals surface area contributed by atoms with Crippen LogP contribution in [0.15, 0.2) is 72.5 Å². The Labute approximate surface area is 132 Å². The number of ether oxygens (including phenoxy) is 1. The predicted octanol–water partition coefficient (Wildman–Crippen LogP) is 4.92. The molecule has 23 heavy (non-hydrogen) atoms. The van der Waals surface area contributed by atoms with Gasteiger partial charge in [0.25, 0.3) is 0 Å². The largest absolute Gasteiger partial charge is 0.449 e. The summed E-state index contributed by atoms with van der Waals surface area (Å²) in [5, 5.41) is 0. The van der Waals surface area contributed by atoms with Gasteiger partial charge >= 0.3 is 12.1 Å². The van der Waals surface area contributed by atoms with E-state index in [0.717, 1.165) is 11.6 Å². The number of hydrogen-bond donors (Lipinski definition) is 0. The van der Waals surface area contributed by atoms with Crippen molar-refractivity contribution in [3.63, 3.8) is 0 Å². The molecule has 0 saturated heterocycles. The third kappa shape index (κ3) is 5.29. The molecule has 0 aromatic heterocycles. The van der Waals surface area contributed by atoms with Crippen LogP contribution in [0.1, 0.15) is 22.3 Å². The van der Waals surface area contributed by atoms with Gasteiger partial charge in [-0.05, 0) is 36.6 Å². The first-order valence-electron chi connectivity index (χ1n) is 7.05. The van der Waals surface area contributed by atoms with Gasteiger partial charge < -0.3 is 4.74 Å². The van der Waals surface area contributed by atoms with E-state index in [-0.39, 0.29) is 12.0 Å². The molecular weight excluding hydrogens is 305 g/mol. The lowest BCUT2D eigenvalue weighted by molar-refractivity contribution is -0.123. The summed E-state index contributed by atoms with van der Waals surface area (Å²) in [6.45, 7) is 0. The molecule has 0 saturated carbocycles. The molecule has 2 rings (SSSR count). The Morgan fingerprint density at radius 3 is 2.09 bits per heavy atom. The average Bonchev–Trinajstić information content (AvgIpc) is 2.54. The lowest BCUT2D eigenvalue weighted by atomic mass is 10.1. The molecule has 0 atom stereocenters. The van der Waals surface area contributed by atoms with Crippen molar-refractivity contribution < 1.29 is 22.7 Å². The maximum Gasteiger partial charge on any atom is 0.449 e. The second-order valence-electron chi connectivity index (χ2n) is 4.85. The third-order valence-electron chi connectivity index (χ3n) is 3.10. The summed E-state index contributed by atoms with van der Waals surface area (Å²) in [6.07, 6.45) is -3.24. The zero-order chi connectivity index (χ0) is 16.7. The quantitative estimate of drug-likeness (QED) is 0.577. The van der Waals surface area contributed by atoms with Crippen molar-refractivity contribution >= 4 is 5.97 Å². The summed E-state index contributed by atoms with van der Waals surface area (Å²) < 4.78 is 43.5. The summed E-state index contributed by atoms with van der Waals surface area (Å²) in [4.78, 5) is 11.8.